The smallest absolute Gasteiger partial charge is 0.254 e. The molecule has 0 aliphatic carbocycles. The lowest BCUT2D eigenvalue weighted by atomic mass is 10.1. The number of carbonyl (C=O) groups is 1. The van der Waals surface area contributed by atoms with E-state index in [0.717, 1.165) is 53.5 Å². The van der Waals surface area contributed by atoms with Crippen LogP contribution in [0.4, 0.5) is 5.82 Å². The minimum absolute atomic E-state index is 0.00338. The first kappa shape index (κ1) is 27.0. The Balaban J connectivity index is 1.52. The first-order chi connectivity index (χ1) is 17.9. The van der Waals surface area contributed by atoms with Gasteiger partial charge in [0.2, 0.25) is 0 Å². The van der Waals surface area contributed by atoms with Gasteiger partial charge in [-0.15, -0.1) is 5.10 Å². The van der Waals surface area contributed by atoms with Gasteiger partial charge in [-0.1, -0.05) is 35.9 Å². The Morgan fingerprint density at radius 3 is 2.49 bits per heavy atom. The van der Waals surface area contributed by atoms with E-state index in [4.69, 9.17) is 16.7 Å². The van der Waals surface area contributed by atoms with Gasteiger partial charge in [0, 0.05) is 42.3 Å². The molecule has 194 valence electrons. The van der Waals surface area contributed by atoms with Gasteiger partial charge in [0.05, 0.1) is 11.9 Å². The number of amides is 1. The molecule has 0 aliphatic rings. The average Bonchev–Trinajstić information content (AvgIpc) is 3.33. The molecule has 4 rings (SSSR count). The summed E-state index contributed by atoms with van der Waals surface area (Å²) in [7, 11) is 4.02. The number of benzene rings is 2. The Kier molecular flexibility index (Phi) is 9.44. The Bertz CT molecular complexity index is 1310. The van der Waals surface area contributed by atoms with Gasteiger partial charge < -0.3 is 15.1 Å². The quantitative estimate of drug-likeness (QED) is 0.244. The van der Waals surface area contributed by atoms with E-state index < -0.39 is 0 Å². The Morgan fingerprint density at radius 2 is 1.78 bits per heavy atom. The lowest BCUT2D eigenvalue weighted by Crippen LogP contribution is -2.36. The maximum atomic E-state index is 13.5. The normalized spacial score (nSPS) is 11.3. The second-order valence-corrected chi connectivity index (χ2v) is 10.6. The van der Waals surface area contributed by atoms with E-state index in [1.165, 1.54) is 0 Å². The average molecular weight is 537 g/mol. The van der Waals surface area contributed by atoms with Crippen molar-refractivity contribution in [1.29, 1.82) is 0 Å². The molecule has 37 heavy (non-hydrogen) atoms. The van der Waals surface area contributed by atoms with Gasteiger partial charge in [-0.3, -0.25) is 4.79 Å². The molecule has 1 N–H and O–H groups in total. The van der Waals surface area contributed by atoms with E-state index >= 15 is 0 Å². The third kappa shape index (κ3) is 7.25. The van der Waals surface area contributed by atoms with Crippen LogP contribution in [0.3, 0.4) is 0 Å². The van der Waals surface area contributed by atoms with Gasteiger partial charge in [0.25, 0.3) is 5.91 Å². The van der Waals surface area contributed by atoms with Gasteiger partial charge in [-0.05, 0) is 74.5 Å². The monoisotopic (exact) mass is 536 g/mol. The number of likely N-dealkylation sites (N-methyl/N-ethyl adjacent to an activating group) is 1. The van der Waals surface area contributed by atoms with E-state index in [1.54, 1.807) is 0 Å². The molecule has 2 aromatic carbocycles. The highest BCUT2D eigenvalue weighted by Crippen LogP contribution is 2.22. The summed E-state index contributed by atoms with van der Waals surface area (Å²) in [6.07, 6.45) is 5.01. The predicted molar refractivity (Wildman–Crippen MR) is 155 cm³/mol. The zero-order valence-electron chi connectivity index (χ0n) is 21.5. The fraction of sp³-hybridized carbons (Fsp3) is 0.321. The minimum atomic E-state index is -0.00338. The number of rotatable bonds is 12. The molecule has 9 heteroatoms. The number of anilines is 1. The van der Waals surface area contributed by atoms with Crippen LogP contribution in [-0.4, -0.2) is 76.0 Å². The second-order valence-electron chi connectivity index (χ2n) is 9.14. The molecule has 0 radical (unpaired) electrons. The van der Waals surface area contributed by atoms with E-state index in [-0.39, 0.29) is 5.91 Å². The first-order valence-electron chi connectivity index (χ1n) is 12.3. The van der Waals surface area contributed by atoms with Gasteiger partial charge in [0.15, 0.2) is 5.65 Å². The molecule has 0 atom stereocenters. The molecule has 2 aromatic heterocycles. The van der Waals surface area contributed by atoms with E-state index in [9.17, 15) is 4.79 Å². The van der Waals surface area contributed by atoms with Gasteiger partial charge in [-0.2, -0.15) is 11.8 Å². The molecule has 0 aliphatic heterocycles. The van der Waals surface area contributed by atoms with Crippen molar-refractivity contribution in [2.75, 3.05) is 51.1 Å². The third-order valence-electron chi connectivity index (χ3n) is 6.01. The molecule has 0 saturated heterocycles. The molecule has 0 saturated carbocycles. The van der Waals surface area contributed by atoms with Gasteiger partial charge in [-0.25, -0.2) is 9.50 Å². The van der Waals surface area contributed by atoms with Crippen LogP contribution in [0.5, 0.6) is 0 Å². The second kappa shape index (κ2) is 12.9. The van der Waals surface area contributed by atoms with Crippen molar-refractivity contribution < 1.29 is 4.79 Å². The molecule has 0 spiro atoms. The Morgan fingerprint density at radius 1 is 1.03 bits per heavy atom. The number of halogens is 1. The highest BCUT2D eigenvalue weighted by atomic mass is 35.5. The van der Waals surface area contributed by atoms with Crippen molar-refractivity contribution in [3.63, 3.8) is 0 Å². The maximum Gasteiger partial charge on any atom is 0.254 e. The largest absolute Gasteiger partial charge is 0.369 e. The highest BCUT2D eigenvalue weighted by Gasteiger charge is 2.17. The maximum absolute atomic E-state index is 13.5. The van der Waals surface area contributed by atoms with Crippen LogP contribution in [0.2, 0.25) is 5.02 Å². The predicted octanol–water partition coefficient (Wildman–Crippen LogP) is 5.42. The van der Waals surface area contributed by atoms with Crippen molar-refractivity contribution in [3.05, 3.63) is 83.0 Å². The number of hydrogen-bond donors (Lipinski definition) is 1. The number of aromatic nitrogens is 3. The Hall–Kier alpha value is -3.07. The molecular formula is C28H33ClN6OS. The van der Waals surface area contributed by atoms with Crippen molar-refractivity contribution in [3.8, 4) is 11.3 Å². The van der Waals surface area contributed by atoms with Crippen molar-refractivity contribution in [2.24, 2.45) is 0 Å². The van der Waals surface area contributed by atoms with Crippen LogP contribution in [0.25, 0.3) is 16.9 Å². The van der Waals surface area contributed by atoms with Gasteiger partial charge >= 0.3 is 0 Å². The van der Waals surface area contributed by atoms with Crippen LogP contribution in [0, 0.1) is 0 Å². The highest BCUT2D eigenvalue weighted by molar-refractivity contribution is 7.98. The summed E-state index contributed by atoms with van der Waals surface area (Å²) < 4.78 is 1.84. The molecular weight excluding hydrogens is 504 g/mol. The fourth-order valence-corrected chi connectivity index (χ4v) is 4.51. The summed E-state index contributed by atoms with van der Waals surface area (Å²) in [6, 6.07) is 19.2. The number of carbonyl (C=O) groups excluding carboxylic acids is 1. The summed E-state index contributed by atoms with van der Waals surface area (Å²) in [5, 5.41) is 8.81. The number of thioether (sulfide) groups is 1. The molecule has 0 bridgehead atoms. The zero-order chi connectivity index (χ0) is 26.2. The number of fused-ring (bicyclic) bond motifs is 1. The van der Waals surface area contributed by atoms with E-state index in [1.807, 2.05) is 102 Å². The minimum Gasteiger partial charge on any atom is -0.369 e. The Labute approximate surface area is 227 Å². The SMILES string of the molecule is CSCCCNc1ccc2ncc(-c3ccc(C(=O)N(CCN(C)C)Cc4ccc(Cl)cc4)cc3)n2n1. The molecule has 4 aromatic rings. The summed E-state index contributed by atoms with van der Waals surface area (Å²) in [5.41, 5.74) is 4.31. The lowest BCUT2D eigenvalue weighted by molar-refractivity contribution is 0.0732. The van der Waals surface area contributed by atoms with E-state index in [2.05, 4.69) is 21.5 Å². The lowest BCUT2D eigenvalue weighted by Gasteiger charge is -2.25. The molecule has 2 heterocycles. The van der Waals surface area contributed by atoms with Crippen LogP contribution in [-0.2, 0) is 6.54 Å². The van der Waals surface area contributed by atoms with Crippen LogP contribution in [0.1, 0.15) is 22.3 Å². The summed E-state index contributed by atoms with van der Waals surface area (Å²) >= 11 is 7.88. The summed E-state index contributed by atoms with van der Waals surface area (Å²) in [6.45, 7) is 2.80. The van der Waals surface area contributed by atoms with Crippen molar-refractivity contribution in [1.82, 2.24) is 24.4 Å². The van der Waals surface area contributed by atoms with Crippen LogP contribution in [0.15, 0.2) is 66.9 Å². The number of nitrogens with zero attached hydrogens (tertiary/aromatic N) is 5. The van der Waals surface area contributed by atoms with Crippen LogP contribution < -0.4 is 5.32 Å². The number of hydrogen-bond acceptors (Lipinski definition) is 6. The molecule has 0 unspecified atom stereocenters. The van der Waals surface area contributed by atoms with Crippen LogP contribution >= 0.6 is 23.4 Å². The van der Waals surface area contributed by atoms with E-state index in [0.29, 0.717) is 23.7 Å². The van der Waals surface area contributed by atoms with Gasteiger partial charge in [0.1, 0.15) is 5.82 Å². The standard InChI is InChI=1S/C28H33ClN6OS/c1-33(2)16-17-34(20-21-5-11-24(29)12-6-21)28(36)23-9-7-22(8-10-23)25-19-31-27-14-13-26(32-35(25)27)30-15-4-18-37-3/h5-14,19H,4,15-18,20H2,1-3H3,(H,30,32). The number of nitrogens with one attached hydrogen (secondary N) is 1. The van der Waals surface area contributed by atoms with Crippen molar-refractivity contribution >= 4 is 40.7 Å². The topological polar surface area (TPSA) is 65.8 Å². The molecule has 7 nitrogen and oxygen atoms in total. The van der Waals surface area contributed by atoms with Crippen molar-refractivity contribution in [2.45, 2.75) is 13.0 Å². The zero-order valence-corrected chi connectivity index (χ0v) is 23.1. The summed E-state index contributed by atoms with van der Waals surface area (Å²) in [5.74, 6) is 1.93. The third-order valence-corrected chi connectivity index (χ3v) is 6.96. The fourth-order valence-electron chi connectivity index (χ4n) is 3.95. The number of imidazole rings is 1. The first-order valence-corrected chi connectivity index (χ1v) is 14.1. The molecule has 0 fully saturated rings. The summed E-state index contributed by atoms with van der Waals surface area (Å²) in [4.78, 5) is 21.9. The molecule has 1 amide bonds.